The van der Waals surface area contributed by atoms with E-state index in [1.807, 2.05) is 0 Å². The Kier molecular flexibility index (Phi) is 9.18. The molecule has 0 aromatic heterocycles. The van der Waals surface area contributed by atoms with Gasteiger partial charge in [-0.15, -0.1) is 0 Å². The summed E-state index contributed by atoms with van der Waals surface area (Å²) in [6.45, 7) is 9.14. The number of rotatable bonds is 8. The second-order valence-electron chi connectivity index (χ2n) is 2.90. The minimum absolute atomic E-state index is 0.853. The molecular weight excluding hydrogens is 168 g/mol. The summed E-state index contributed by atoms with van der Waals surface area (Å²) < 4.78 is 5.35. The molecule has 0 aliphatic heterocycles. The van der Waals surface area contributed by atoms with Crippen LogP contribution in [0.25, 0.3) is 0 Å². The van der Waals surface area contributed by atoms with Gasteiger partial charge < -0.3 is 4.18 Å². The summed E-state index contributed by atoms with van der Waals surface area (Å²) in [5.41, 5.74) is 0. The molecule has 0 aliphatic carbocycles. The lowest BCUT2D eigenvalue weighted by atomic mass is 10.2. The molecule has 0 rings (SSSR count). The van der Waals surface area contributed by atoms with E-state index in [9.17, 15) is 0 Å². The van der Waals surface area contributed by atoms with Crippen LogP contribution >= 0.6 is 12.0 Å². The van der Waals surface area contributed by atoms with Crippen LogP contribution in [0.15, 0.2) is 11.5 Å². The smallest absolute Gasteiger partial charge is 0.0618 e. The van der Waals surface area contributed by atoms with Gasteiger partial charge in [0.1, 0.15) is 0 Å². The Balaban J connectivity index is 3.08. The number of hydrogen-bond acceptors (Lipinski definition) is 2. The Morgan fingerprint density at radius 3 is 2.50 bits per heavy atom. The highest BCUT2D eigenvalue weighted by Gasteiger charge is 1.95. The third-order valence-electron chi connectivity index (χ3n) is 1.57. The molecule has 0 fully saturated rings. The summed E-state index contributed by atoms with van der Waals surface area (Å²) in [6, 6.07) is 0. The first-order valence-corrected chi connectivity index (χ1v) is 5.52. The Labute approximate surface area is 80.8 Å². The molecule has 12 heavy (non-hydrogen) atoms. The number of allylic oxidation sites excluding steroid dienone is 1. The summed E-state index contributed by atoms with van der Waals surface area (Å²) in [4.78, 5) is 1.16. The molecule has 0 bridgehead atoms. The van der Waals surface area contributed by atoms with E-state index in [0.717, 1.165) is 24.4 Å². The fourth-order valence-electron chi connectivity index (χ4n) is 0.744. The second kappa shape index (κ2) is 9.14. The highest BCUT2D eigenvalue weighted by Crippen LogP contribution is 2.20. The molecule has 72 valence electrons. The maximum absolute atomic E-state index is 5.35. The van der Waals surface area contributed by atoms with Gasteiger partial charge >= 0.3 is 0 Å². The van der Waals surface area contributed by atoms with E-state index in [2.05, 4.69) is 20.4 Å². The van der Waals surface area contributed by atoms with Gasteiger partial charge in [0.05, 0.1) is 6.61 Å². The van der Waals surface area contributed by atoms with Gasteiger partial charge in [-0.2, -0.15) is 0 Å². The molecule has 0 aromatic carbocycles. The highest BCUT2D eigenvalue weighted by molar-refractivity contribution is 7.98. The van der Waals surface area contributed by atoms with Crippen molar-refractivity contribution in [3.05, 3.63) is 11.5 Å². The molecule has 0 spiro atoms. The van der Waals surface area contributed by atoms with E-state index in [-0.39, 0.29) is 0 Å². The molecule has 2 heteroatoms. The Hall–Kier alpha value is 0.0500. The van der Waals surface area contributed by atoms with E-state index >= 15 is 0 Å². The van der Waals surface area contributed by atoms with Gasteiger partial charge in [0.2, 0.25) is 0 Å². The number of unbranched alkanes of at least 4 members (excludes halogenated alkanes) is 2. The topological polar surface area (TPSA) is 9.23 Å². The zero-order chi connectivity index (χ0) is 9.23. The first-order chi connectivity index (χ1) is 5.81. The van der Waals surface area contributed by atoms with Crippen molar-refractivity contribution in [2.24, 2.45) is 0 Å². The summed E-state index contributed by atoms with van der Waals surface area (Å²) in [5, 5.41) is 0. The maximum atomic E-state index is 5.35. The Morgan fingerprint density at radius 2 is 1.92 bits per heavy atom. The van der Waals surface area contributed by atoms with Crippen LogP contribution < -0.4 is 0 Å². The Bertz CT molecular complexity index is 112. The summed E-state index contributed by atoms with van der Waals surface area (Å²) in [6.07, 6.45) is 5.89. The third-order valence-corrected chi connectivity index (χ3v) is 2.29. The lowest BCUT2D eigenvalue weighted by molar-refractivity contribution is 0.364. The molecule has 0 aromatic rings. The van der Waals surface area contributed by atoms with Gasteiger partial charge in [-0.1, -0.05) is 33.3 Å². The van der Waals surface area contributed by atoms with Crippen molar-refractivity contribution in [2.45, 2.75) is 46.0 Å². The molecule has 0 aliphatic rings. The van der Waals surface area contributed by atoms with Crippen LogP contribution in [0.3, 0.4) is 0 Å². The van der Waals surface area contributed by atoms with Crippen LogP contribution in [0, 0.1) is 0 Å². The highest BCUT2D eigenvalue weighted by atomic mass is 32.2. The molecular formula is C10H20OS. The summed E-state index contributed by atoms with van der Waals surface area (Å²) in [5.74, 6) is 0. The van der Waals surface area contributed by atoms with Crippen molar-refractivity contribution in [3.8, 4) is 0 Å². The van der Waals surface area contributed by atoms with E-state index in [1.165, 1.54) is 31.3 Å². The van der Waals surface area contributed by atoms with Crippen LogP contribution in [0.2, 0.25) is 0 Å². The molecule has 0 radical (unpaired) electrons. The zero-order valence-corrected chi connectivity index (χ0v) is 9.08. The van der Waals surface area contributed by atoms with Crippen LogP contribution in [0.4, 0.5) is 0 Å². The van der Waals surface area contributed by atoms with Crippen LogP contribution in [0.5, 0.6) is 0 Å². The predicted octanol–water partition coefficient (Wildman–Crippen LogP) is 4.16. The van der Waals surface area contributed by atoms with Crippen LogP contribution in [-0.4, -0.2) is 6.61 Å². The molecule has 1 nitrogen and oxygen atoms in total. The molecule has 0 saturated heterocycles. The summed E-state index contributed by atoms with van der Waals surface area (Å²) in [7, 11) is 0. The first-order valence-electron chi connectivity index (χ1n) is 4.78. The maximum Gasteiger partial charge on any atom is 0.0618 e. The second-order valence-corrected chi connectivity index (χ2v) is 3.88. The van der Waals surface area contributed by atoms with Crippen molar-refractivity contribution < 1.29 is 4.18 Å². The van der Waals surface area contributed by atoms with Gasteiger partial charge in [0.15, 0.2) is 0 Å². The van der Waals surface area contributed by atoms with Crippen molar-refractivity contribution in [1.82, 2.24) is 0 Å². The predicted molar refractivity (Wildman–Crippen MR) is 57.1 cm³/mol. The molecule has 0 saturated carbocycles. The monoisotopic (exact) mass is 188 g/mol. The average molecular weight is 188 g/mol. The first kappa shape index (κ1) is 12.0. The van der Waals surface area contributed by atoms with Crippen LogP contribution in [-0.2, 0) is 4.18 Å². The molecule has 0 amide bonds. The van der Waals surface area contributed by atoms with Crippen molar-refractivity contribution in [1.29, 1.82) is 0 Å². The van der Waals surface area contributed by atoms with Crippen molar-refractivity contribution in [3.63, 3.8) is 0 Å². The zero-order valence-electron chi connectivity index (χ0n) is 8.27. The molecule has 0 N–H and O–H groups in total. The lowest BCUT2D eigenvalue weighted by Gasteiger charge is -2.03. The van der Waals surface area contributed by atoms with E-state index in [1.54, 1.807) is 0 Å². The van der Waals surface area contributed by atoms with Gasteiger partial charge in [-0.25, -0.2) is 0 Å². The fraction of sp³-hybridized carbons (Fsp3) is 0.800. The van der Waals surface area contributed by atoms with Gasteiger partial charge in [-0.3, -0.25) is 0 Å². The van der Waals surface area contributed by atoms with Gasteiger partial charge in [0.25, 0.3) is 0 Å². The molecule has 0 unspecified atom stereocenters. The number of hydrogen-bond donors (Lipinski definition) is 0. The van der Waals surface area contributed by atoms with E-state index in [0.29, 0.717) is 0 Å². The van der Waals surface area contributed by atoms with Gasteiger partial charge in [0, 0.05) is 16.9 Å². The fourth-order valence-corrected chi connectivity index (χ4v) is 1.34. The SMILES string of the molecule is C=C(CCCC)SOCCCC. The van der Waals surface area contributed by atoms with Crippen LogP contribution in [0.1, 0.15) is 46.0 Å². The van der Waals surface area contributed by atoms with E-state index in [4.69, 9.17) is 4.18 Å². The minimum Gasteiger partial charge on any atom is -0.311 e. The van der Waals surface area contributed by atoms with Crippen molar-refractivity contribution in [2.75, 3.05) is 6.61 Å². The van der Waals surface area contributed by atoms with Crippen molar-refractivity contribution >= 4 is 12.0 Å². The Morgan fingerprint density at radius 1 is 1.25 bits per heavy atom. The molecule has 0 heterocycles. The minimum atomic E-state index is 0.853. The standard InChI is InChI=1S/C10H20OS/c1-4-6-8-10(3)12-11-9-7-5-2/h3-9H2,1-2H3. The quantitative estimate of drug-likeness (QED) is 0.418. The lowest BCUT2D eigenvalue weighted by Crippen LogP contribution is -1.86. The molecule has 0 atom stereocenters. The summed E-state index contributed by atoms with van der Waals surface area (Å²) >= 11 is 1.46. The largest absolute Gasteiger partial charge is 0.311 e. The average Bonchev–Trinajstić information content (AvgIpc) is 2.09. The normalized spacial score (nSPS) is 10.2. The third kappa shape index (κ3) is 8.15. The van der Waals surface area contributed by atoms with Gasteiger partial charge in [-0.05, 0) is 19.3 Å². The van der Waals surface area contributed by atoms with E-state index < -0.39 is 0 Å².